The summed E-state index contributed by atoms with van der Waals surface area (Å²) in [5.41, 5.74) is 6.30. The molecule has 0 saturated heterocycles. The molecule has 0 aromatic carbocycles. The first-order valence-electron chi connectivity index (χ1n) is 8.12. The lowest BCUT2D eigenvalue weighted by molar-refractivity contribution is 0.152. The molecule has 0 aliphatic heterocycles. The molecule has 2 aromatic heterocycles. The van der Waals surface area contributed by atoms with Crippen molar-refractivity contribution in [3.8, 4) is 0 Å². The Kier molecular flexibility index (Phi) is 6.48. The Bertz CT molecular complexity index is 1080. The zero-order valence-electron chi connectivity index (χ0n) is 14.8. The predicted octanol–water partition coefficient (Wildman–Crippen LogP) is 1.04. The number of phosphoric ester groups is 1. The molecular weight excluding hydrogens is 474 g/mol. The Labute approximate surface area is 167 Å². The molecular formula is C11H17FN5O10P3. The molecule has 19 heteroatoms. The Hall–Kier alpha value is -1.31. The lowest BCUT2D eigenvalue weighted by Crippen LogP contribution is -2.14. The molecule has 1 aliphatic carbocycles. The lowest BCUT2D eigenvalue weighted by atomic mass is 10.1. The molecule has 1 aliphatic rings. The van der Waals surface area contributed by atoms with Crippen molar-refractivity contribution < 1.29 is 50.8 Å². The first-order chi connectivity index (χ1) is 13.8. The summed E-state index contributed by atoms with van der Waals surface area (Å²) in [6.45, 7) is -0.551. The van der Waals surface area contributed by atoms with Crippen LogP contribution in [0.25, 0.3) is 11.2 Å². The van der Waals surface area contributed by atoms with Gasteiger partial charge in [0.05, 0.1) is 19.0 Å². The van der Waals surface area contributed by atoms with Crippen LogP contribution in [0.2, 0.25) is 0 Å². The number of hydrogen-bond donors (Lipinski definition) is 5. The summed E-state index contributed by atoms with van der Waals surface area (Å²) in [7, 11) is -16.3. The maximum atomic E-state index is 14.6. The number of nitrogen functional groups attached to an aromatic ring is 1. The van der Waals surface area contributed by atoms with Crippen LogP contribution in [0.4, 0.5) is 10.2 Å². The molecule has 6 N–H and O–H groups in total. The standard InChI is InChI=1S/C11H17FN5O10P3/c12-7-1-6(3-25-29(21,22)27-30(23,24)26-28(18,19)20)2-8(7)17-5-16-9-10(13)14-4-15-11(9)17/h4-8H,1-3H2,(H,21,22)(H,23,24)(H2,13,14,15)(H2,18,19,20)/t6-,7+,8-/m1/s1. The first-order valence-corrected chi connectivity index (χ1v) is 12.6. The van der Waals surface area contributed by atoms with Crippen molar-refractivity contribution in [2.45, 2.75) is 25.1 Å². The number of imidazole rings is 1. The van der Waals surface area contributed by atoms with Crippen LogP contribution in [0, 0.1) is 5.92 Å². The molecule has 30 heavy (non-hydrogen) atoms. The highest BCUT2D eigenvalue weighted by molar-refractivity contribution is 7.66. The molecule has 2 heterocycles. The van der Waals surface area contributed by atoms with Gasteiger partial charge in [0.2, 0.25) is 0 Å². The van der Waals surface area contributed by atoms with Gasteiger partial charge < -0.3 is 29.9 Å². The van der Waals surface area contributed by atoms with Crippen LogP contribution in [0.5, 0.6) is 0 Å². The Morgan fingerprint density at radius 3 is 2.47 bits per heavy atom. The predicted molar refractivity (Wildman–Crippen MR) is 96.2 cm³/mol. The zero-order valence-corrected chi connectivity index (χ0v) is 17.5. The van der Waals surface area contributed by atoms with Gasteiger partial charge in [-0.25, -0.2) is 33.0 Å². The van der Waals surface area contributed by atoms with E-state index in [-0.39, 0.29) is 18.7 Å². The molecule has 0 amide bonds. The van der Waals surface area contributed by atoms with E-state index >= 15 is 0 Å². The van der Waals surface area contributed by atoms with Crippen molar-refractivity contribution in [2.24, 2.45) is 5.92 Å². The van der Waals surface area contributed by atoms with E-state index in [1.165, 1.54) is 17.2 Å². The molecule has 0 spiro atoms. The fourth-order valence-electron chi connectivity index (χ4n) is 3.10. The largest absolute Gasteiger partial charge is 0.490 e. The summed E-state index contributed by atoms with van der Waals surface area (Å²) in [6.07, 6.45) is 1.20. The van der Waals surface area contributed by atoms with Crippen LogP contribution in [0.1, 0.15) is 18.9 Å². The quantitative estimate of drug-likeness (QED) is 0.325. The number of hydrogen-bond acceptors (Lipinski definition) is 10. The van der Waals surface area contributed by atoms with E-state index in [0.29, 0.717) is 11.2 Å². The van der Waals surface area contributed by atoms with Crippen LogP contribution < -0.4 is 5.73 Å². The van der Waals surface area contributed by atoms with Crippen LogP contribution >= 0.6 is 23.5 Å². The Morgan fingerprint density at radius 1 is 1.10 bits per heavy atom. The van der Waals surface area contributed by atoms with Crippen molar-refractivity contribution >= 4 is 40.4 Å². The molecule has 2 unspecified atom stereocenters. The third-order valence-electron chi connectivity index (χ3n) is 4.18. The van der Waals surface area contributed by atoms with Gasteiger partial charge in [-0.2, -0.15) is 8.62 Å². The Morgan fingerprint density at radius 2 is 1.80 bits per heavy atom. The highest BCUT2D eigenvalue weighted by Crippen LogP contribution is 2.66. The maximum Gasteiger partial charge on any atom is 0.490 e. The minimum Gasteiger partial charge on any atom is -0.382 e. The normalized spacial score (nSPS) is 26.5. The molecule has 15 nitrogen and oxygen atoms in total. The molecule has 3 rings (SSSR count). The minimum absolute atomic E-state index is 0.0827. The third kappa shape index (κ3) is 5.68. The maximum absolute atomic E-state index is 14.6. The van der Waals surface area contributed by atoms with Crippen molar-refractivity contribution in [3.63, 3.8) is 0 Å². The number of anilines is 1. The van der Waals surface area contributed by atoms with E-state index in [0.717, 1.165) is 0 Å². The lowest BCUT2D eigenvalue weighted by Gasteiger charge is -2.18. The van der Waals surface area contributed by atoms with Gasteiger partial charge in [-0.05, 0) is 18.8 Å². The zero-order chi connectivity index (χ0) is 22.3. The molecule has 1 fully saturated rings. The van der Waals surface area contributed by atoms with Gasteiger partial charge in [-0.1, -0.05) is 0 Å². The highest BCUT2D eigenvalue weighted by atomic mass is 31.3. The Balaban J connectivity index is 1.63. The van der Waals surface area contributed by atoms with Gasteiger partial charge in [0, 0.05) is 0 Å². The van der Waals surface area contributed by atoms with E-state index in [2.05, 4.69) is 28.1 Å². The molecule has 168 valence electrons. The van der Waals surface area contributed by atoms with Crippen molar-refractivity contribution in [1.82, 2.24) is 19.5 Å². The smallest absolute Gasteiger partial charge is 0.382 e. The average molecular weight is 491 g/mol. The number of nitrogens with two attached hydrogens (primary N) is 1. The van der Waals surface area contributed by atoms with E-state index in [1.54, 1.807) is 0 Å². The van der Waals surface area contributed by atoms with Crippen LogP contribution in [-0.4, -0.2) is 51.9 Å². The van der Waals surface area contributed by atoms with Crippen LogP contribution in [0.15, 0.2) is 12.7 Å². The minimum atomic E-state index is -5.61. The van der Waals surface area contributed by atoms with Gasteiger partial charge in [0.15, 0.2) is 11.5 Å². The number of halogens is 1. The summed E-state index contributed by atoms with van der Waals surface area (Å²) in [5, 5.41) is 0. The SMILES string of the molecule is Nc1ncnc2c1ncn2[C@@H]1C[C@H](COP(=O)(O)OP(=O)(O)OP(=O)(O)O)C[C@@H]1F. The fraction of sp³-hybridized carbons (Fsp3) is 0.545. The van der Waals surface area contributed by atoms with E-state index in [4.69, 9.17) is 20.4 Å². The molecule has 0 radical (unpaired) electrons. The monoisotopic (exact) mass is 491 g/mol. The molecule has 5 atom stereocenters. The number of nitrogens with zero attached hydrogens (tertiary/aromatic N) is 4. The molecule has 1 saturated carbocycles. The second-order valence-electron chi connectivity index (χ2n) is 6.39. The van der Waals surface area contributed by atoms with Gasteiger partial charge in [-0.3, -0.25) is 4.52 Å². The fourth-order valence-corrected chi connectivity index (χ4v) is 6.19. The van der Waals surface area contributed by atoms with E-state index < -0.39 is 48.2 Å². The summed E-state index contributed by atoms with van der Waals surface area (Å²) < 4.78 is 61.6. The van der Waals surface area contributed by atoms with Gasteiger partial charge in [-0.15, -0.1) is 0 Å². The second kappa shape index (κ2) is 8.32. The number of aromatic nitrogens is 4. The van der Waals surface area contributed by atoms with E-state index in [9.17, 15) is 23.0 Å². The number of phosphoric acid groups is 3. The number of alkyl halides is 1. The highest BCUT2D eigenvalue weighted by Gasteiger charge is 2.42. The van der Waals surface area contributed by atoms with Crippen LogP contribution in [-0.2, 0) is 26.8 Å². The summed E-state index contributed by atoms with van der Waals surface area (Å²) in [6, 6.07) is -0.737. The summed E-state index contributed by atoms with van der Waals surface area (Å²) in [4.78, 5) is 47.5. The van der Waals surface area contributed by atoms with Gasteiger partial charge >= 0.3 is 23.5 Å². The number of fused-ring (bicyclic) bond motifs is 1. The third-order valence-corrected chi connectivity index (χ3v) is 7.99. The second-order valence-corrected chi connectivity index (χ2v) is 10.8. The van der Waals surface area contributed by atoms with Gasteiger partial charge in [0.25, 0.3) is 0 Å². The summed E-state index contributed by atoms with van der Waals surface area (Å²) >= 11 is 0. The van der Waals surface area contributed by atoms with E-state index in [1.807, 2.05) is 0 Å². The van der Waals surface area contributed by atoms with Crippen LogP contribution in [0.3, 0.4) is 0 Å². The summed E-state index contributed by atoms with van der Waals surface area (Å²) in [5.74, 6) is -0.483. The number of rotatable bonds is 8. The van der Waals surface area contributed by atoms with Crippen molar-refractivity contribution in [1.29, 1.82) is 0 Å². The molecule has 2 aromatic rings. The average Bonchev–Trinajstić information content (AvgIpc) is 3.13. The van der Waals surface area contributed by atoms with Crippen molar-refractivity contribution in [3.05, 3.63) is 12.7 Å². The van der Waals surface area contributed by atoms with Crippen molar-refractivity contribution in [2.75, 3.05) is 12.3 Å². The molecule has 0 bridgehead atoms. The van der Waals surface area contributed by atoms with Gasteiger partial charge in [0.1, 0.15) is 18.0 Å². The topological polar surface area (TPSA) is 229 Å². The first kappa shape index (κ1) is 23.4.